The Balaban J connectivity index is 2.03. The fraction of sp³-hybridized carbons (Fsp3) is 0.714. The van der Waals surface area contributed by atoms with Crippen LogP contribution in [0.4, 0.5) is 0 Å². The average Bonchev–Trinajstić information content (AvgIpc) is 2.74. The van der Waals surface area contributed by atoms with E-state index in [1.165, 1.54) is 4.88 Å². The number of carboxylic acid groups (broad SMARTS) is 1. The third-order valence-electron chi connectivity index (χ3n) is 4.36. The molecule has 1 aliphatic carbocycles. The first kappa shape index (κ1) is 13.5. The normalized spacial score (nSPS) is 28.2. The van der Waals surface area contributed by atoms with Crippen molar-refractivity contribution in [3.05, 3.63) is 16.1 Å². The van der Waals surface area contributed by atoms with Gasteiger partial charge >= 0.3 is 5.97 Å². The third-order valence-corrected chi connectivity index (χ3v) is 5.36. The van der Waals surface area contributed by atoms with Crippen molar-refractivity contribution >= 4 is 17.3 Å². The molecule has 4 heteroatoms. The van der Waals surface area contributed by atoms with E-state index in [9.17, 15) is 9.90 Å². The Kier molecular flexibility index (Phi) is 4.05. The lowest BCUT2D eigenvalue weighted by Gasteiger charge is -2.35. The van der Waals surface area contributed by atoms with Crippen LogP contribution < -0.4 is 0 Å². The highest BCUT2D eigenvalue weighted by Crippen LogP contribution is 2.42. The predicted molar refractivity (Wildman–Crippen MR) is 72.9 cm³/mol. The first-order valence-corrected chi connectivity index (χ1v) is 7.54. The molecule has 100 valence electrons. The van der Waals surface area contributed by atoms with Gasteiger partial charge in [0.15, 0.2) is 0 Å². The summed E-state index contributed by atoms with van der Waals surface area (Å²) in [7, 11) is 0. The molecule has 1 aromatic rings. The molecule has 3 nitrogen and oxygen atoms in total. The van der Waals surface area contributed by atoms with E-state index < -0.39 is 11.4 Å². The number of thiazole rings is 1. The van der Waals surface area contributed by atoms with Crippen LogP contribution in [0, 0.1) is 18.3 Å². The molecule has 18 heavy (non-hydrogen) atoms. The molecular formula is C14H21NO2S. The number of nitrogens with zero attached hydrogens (tertiary/aromatic N) is 1. The van der Waals surface area contributed by atoms with Crippen molar-refractivity contribution in [1.82, 2.24) is 4.98 Å². The number of aromatic nitrogens is 1. The molecular weight excluding hydrogens is 246 g/mol. The minimum atomic E-state index is -0.600. The number of rotatable bonds is 4. The molecule has 1 fully saturated rings. The fourth-order valence-corrected chi connectivity index (χ4v) is 3.59. The van der Waals surface area contributed by atoms with E-state index in [1.54, 1.807) is 11.3 Å². The fourth-order valence-electron chi connectivity index (χ4n) is 2.80. The minimum absolute atomic E-state index is 0.483. The van der Waals surface area contributed by atoms with Gasteiger partial charge in [-0.3, -0.25) is 4.79 Å². The Bertz CT molecular complexity index is 419. The summed E-state index contributed by atoms with van der Waals surface area (Å²) in [6.07, 6.45) is 5.39. The molecule has 0 atom stereocenters. The third kappa shape index (κ3) is 2.74. The van der Waals surface area contributed by atoms with Gasteiger partial charge in [0, 0.05) is 4.88 Å². The molecule has 2 rings (SSSR count). The summed E-state index contributed by atoms with van der Waals surface area (Å²) in [6, 6.07) is 0. The molecule has 1 saturated carbocycles. The van der Waals surface area contributed by atoms with Crippen LogP contribution >= 0.6 is 11.3 Å². The smallest absolute Gasteiger partial charge is 0.309 e. The maximum atomic E-state index is 11.6. The van der Waals surface area contributed by atoms with Crippen LogP contribution in [0.1, 0.15) is 49.6 Å². The summed E-state index contributed by atoms with van der Waals surface area (Å²) in [5, 5.41) is 9.56. The highest BCUT2D eigenvalue weighted by Gasteiger charge is 2.40. The number of carbonyl (C=O) groups is 1. The summed E-state index contributed by atoms with van der Waals surface area (Å²) in [4.78, 5) is 17.1. The second-order valence-electron chi connectivity index (χ2n) is 5.63. The topological polar surface area (TPSA) is 50.2 Å². The minimum Gasteiger partial charge on any atom is -0.481 e. The van der Waals surface area contributed by atoms with Gasteiger partial charge < -0.3 is 5.11 Å². The van der Waals surface area contributed by atoms with Gasteiger partial charge in [0.25, 0.3) is 0 Å². The Morgan fingerprint density at radius 2 is 2.22 bits per heavy atom. The molecule has 0 aliphatic heterocycles. The van der Waals surface area contributed by atoms with Crippen molar-refractivity contribution < 1.29 is 9.90 Å². The summed E-state index contributed by atoms with van der Waals surface area (Å²) >= 11 is 1.65. The van der Waals surface area contributed by atoms with E-state index in [-0.39, 0.29) is 0 Å². The zero-order valence-electron chi connectivity index (χ0n) is 11.1. The average molecular weight is 267 g/mol. The van der Waals surface area contributed by atoms with E-state index in [1.807, 2.05) is 12.4 Å². The quantitative estimate of drug-likeness (QED) is 0.905. The molecule has 0 amide bonds. The van der Waals surface area contributed by atoms with Crippen LogP contribution in [0.5, 0.6) is 0 Å². The molecule has 0 unspecified atom stereocenters. The Morgan fingerprint density at radius 1 is 1.56 bits per heavy atom. The van der Waals surface area contributed by atoms with Crippen molar-refractivity contribution in [2.24, 2.45) is 11.3 Å². The molecule has 1 N–H and O–H groups in total. The monoisotopic (exact) mass is 267 g/mol. The summed E-state index contributed by atoms with van der Waals surface area (Å²) in [6.45, 7) is 4.22. The summed E-state index contributed by atoms with van der Waals surface area (Å²) < 4.78 is 0. The van der Waals surface area contributed by atoms with Gasteiger partial charge in [0.2, 0.25) is 0 Å². The van der Waals surface area contributed by atoms with Crippen LogP contribution in [0.15, 0.2) is 5.51 Å². The molecule has 1 aliphatic rings. The lowest BCUT2D eigenvalue weighted by molar-refractivity contribution is -0.152. The highest BCUT2D eigenvalue weighted by molar-refractivity contribution is 7.09. The van der Waals surface area contributed by atoms with E-state index >= 15 is 0 Å². The molecule has 0 bridgehead atoms. The van der Waals surface area contributed by atoms with Gasteiger partial charge in [-0.15, -0.1) is 11.3 Å². The SMILES string of the molecule is Cc1ncsc1CCC1(C(=O)O)CCC(C)CC1. The Labute approximate surface area is 112 Å². The van der Waals surface area contributed by atoms with Crippen LogP contribution in [0.25, 0.3) is 0 Å². The molecule has 0 spiro atoms. The van der Waals surface area contributed by atoms with Crippen molar-refractivity contribution in [2.75, 3.05) is 0 Å². The molecule has 1 heterocycles. The molecule has 1 aromatic heterocycles. The number of carboxylic acids is 1. The lowest BCUT2D eigenvalue weighted by atomic mass is 9.68. The first-order chi connectivity index (χ1) is 8.53. The first-order valence-electron chi connectivity index (χ1n) is 6.66. The lowest BCUT2D eigenvalue weighted by Crippen LogP contribution is -2.35. The van der Waals surface area contributed by atoms with Gasteiger partial charge in [-0.2, -0.15) is 0 Å². The van der Waals surface area contributed by atoms with Gasteiger partial charge in [-0.05, 0) is 51.4 Å². The van der Waals surface area contributed by atoms with Crippen LogP contribution in [-0.2, 0) is 11.2 Å². The van der Waals surface area contributed by atoms with Crippen LogP contribution in [-0.4, -0.2) is 16.1 Å². The van der Waals surface area contributed by atoms with Crippen LogP contribution in [0.3, 0.4) is 0 Å². The van der Waals surface area contributed by atoms with Gasteiger partial charge in [0.05, 0.1) is 16.6 Å². The zero-order valence-corrected chi connectivity index (χ0v) is 11.9. The van der Waals surface area contributed by atoms with Gasteiger partial charge in [0.1, 0.15) is 0 Å². The predicted octanol–water partition coefficient (Wildman–Crippen LogP) is 3.67. The molecule has 0 aromatic carbocycles. The second-order valence-corrected chi connectivity index (χ2v) is 6.57. The number of hydrogen-bond donors (Lipinski definition) is 1. The van der Waals surface area contributed by atoms with Crippen molar-refractivity contribution in [2.45, 2.75) is 52.4 Å². The van der Waals surface area contributed by atoms with Crippen LogP contribution in [0.2, 0.25) is 0 Å². The molecule has 0 saturated heterocycles. The van der Waals surface area contributed by atoms with Gasteiger partial charge in [-0.25, -0.2) is 4.98 Å². The van der Waals surface area contributed by atoms with Gasteiger partial charge in [-0.1, -0.05) is 6.92 Å². The Morgan fingerprint density at radius 3 is 2.72 bits per heavy atom. The van der Waals surface area contributed by atoms with E-state index in [0.717, 1.165) is 44.2 Å². The standard InChI is InChI=1S/C14H21NO2S/c1-10-3-6-14(7-4-10,13(16)17)8-5-12-11(2)15-9-18-12/h9-10H,3-8H2,1-2H3,(H,16,17). The number of aliphatic carboxylic acids is 1. The second kappa shape index (κ2) is 5.39. The Hall–Kier alpha value is -0.900. The molecule has 0 radical (unpaired) electrons. The maximum absolute atomic E-state index is 11.6. The van der Waals surface area contributed by atoms with E-state index in [2.05, 4.69) is 11.9 Å². The van der Waals surface area contributed by atoms with E-state index in [4.69, 9.17) is 0 Å². The zero-order chi connectivity index (χ0) is 13.2. The maximum Gasteiger partial charge on any atom is 0.309 e. The van der Waals surface area contributed by atoms with Crippen molar-refractivity contribution in [3.8, 4) is 0 Å². The van der Waals surface area contributed by atoms with E-state index in [0.29, 0.717) is 5.92 Å². The number of aryl methyl sites for hydroxylation is 2. The largest absolute Gasteiger partial charge is 0.481 e. The van der Waals surface area contributed by atoms with Crippen molar-refractivity contribution in [3.63, 3.8) is 0 Å². The highest BCUT2D eigenvalue weighted by atomic mass is 32.1. The van der Waals surface area contributed by atoms with Crippen molar-refractivity contribution in [1.29, 1.82) is 0 Å². The summed E-state index contributed by atoms with van der Waals surface area (Å²) in [5.74, 6) is 0.0826. The summed E-state index contributed by atoms with van der Waals surface area (Å²) in [5.41, 5.74) is 2.42. The number of hydrogen-bond acceptors (Lipinski definition) is 3.